The first-order valence-electron chi connectivity index (χ1n) is 14.5. The molecule has 0 bridgehead atoms. The van der Waals surface area contributed by atoms with Crippen molar-refractivity contribution in [1.82, 2.24) is 15.0 Å². The van der Waals surface area contributed by atoms with Gasteiger partial charge in [-0.1, -0.05) is 158 Å². The van der Waals surface area contributed by atoms with Gasteiger partial charge in [-0.05, 0) is 45.0 Å². The van der Waals surface area contributed by atoms with Gasteiger partial charge in [-0.3, -0.25) is 0 Å². The van der Waals surface area contributed by atoms with E-state index in [1.165, 1.54) is 39.0 Å². The highest BCUT2D eigenvalue weighted by atomic mass is 15.0. The first-order valence-corrected chi connectivity index (χ1v) is 14.5. The number of hydrogen-bond donors (Lipinski definition) is 0. The van der Waals surface area contributed by atoms with Gasteiger partial charge in [0, 0.05) is 11.1 Å². The Balaban J connectivity index is 1.18. The van der Waals surface area contributed by atoms with Crippen molar-refractivity contribution >= 4 is 11.6 Å². The fourth-order valence-electron chi connectivity index (χ4n) is 6.52. The van der Waals surface area contributed by atoms with E-state index in [1.807, 2.05) is 72.8 Å². The minimum absolute atomic E-state index is 0.295. The summed E-state index contributed by atoms with van der Waals surface area (Å²) in [5.74, 6) is 1.94. The smallest absolute Gasteiger partial charge is 0.164 e. The third-order valence-corrected chi connectivity index (χ3v) is 8.38. The Morgan fingerprint density at radius 3 is 1.42 bits per heavy atom. The van der Waals surface area contributed by atoms with Crippen molar-refractivity contribution in [3.05, 3.63) is 186 Å². The number of nitrogens with zero attached hydrogens (tertiary/aromatic N) is 3. The molecule has 0 fully saturated rings. The van der Waals surface area contributed by atoms with Crippen LogP contribution in [0.1, 0.15) is 28.1 Å². The Morgan fingerprint density at radius 1 is 0.419 bits per heavy atom. The maximum absolute atomic E-state index is 4.78. The number of rotatable bonds is 5. The Morgan fingerprint density at radius 2 is 0.860 bits per heavy atom. The van der Waals surface area contributed by atoms with E-state index < -0.39 is 0 Å². The quantitative estimate of drug-likeness (QED) is 0.201. The van der Waals surface area contributed by atoms with Crippen LogP contribution in [0.15, 0.2) is 158 Å². The summed E-state index contributed by atoms with van der Waals surface area (Å²) in [6, 6.07) is 46.5. The molecule has 3 nitrogen and oxygen atoms in total. The van der Waals surface area contributed by atoms with Crippen LogP contribution in [0.3, 0.4) is 0 Å². The van der Waals surface area contributed by atoms with Gasteiger partial charge >= 0.3 is 0 Å². The SMILES string of the molecule is C1=C(/C=C\C=C\c2nc(-c3ccccc3)nc(-c3ccccc3)n2)c2ccccc2C12c1ccccc1-c1ccccc12. The van der Waals surface area contributed by atoms with Crippen molar-refractivity contribution in [1.29, 1.82) is 0 Å². The topological polar surface area (TPSA) is 38.7 Å². The number of aromatic nitrogens is 3. The summed E-state index contributed by atoms with van der Waals surface area (Å²) in [6.45, 7) is 0. The lowest BCUT2D eigenvalue weighted by Crippen LogP contribution is -2.22. The van der Waals surface area contributed by atoms with Crippen molar-refractivity contribution in [3.8, 4) is 33.9 Å². The second-order valence-electron chi connectivity index (χ2n) is 10.8. The molecular weight excluding hydrogens is 522 g/mol. The molecule has 1 aromatic heterocycles. The highest BCUT2D eigenvalue weighted by Gasteiger charge is 2.46. The molecule has 2 aliphatic carbocycles. The van der Waals surface area contributed by atoms with Crippen LogP contribution in [0.4, 0.5) is 0 Å². The molecule has 1 heterocycles. The van der Waals surface area contributed by atoms with Crippen molar-refractivity contribution in [3.63, 3.8) is 0 Å². The molecule has 6 aromatic rings. The molecule has 0 amide bonds. The lowest BCUT2D eigenvalue weighted by Gasteiger charge is -2.27. The second-order valence-corrected chi connectivity index (χ2v) is 10.8. The first kappa shape index (κ1) is 25.1. The number of hydrogen-bond acceptors (Lipinski definition) is 3. The molecule has 202 valence electrons. The third kappa shape index (κ3) is 4.17. The molecule has 0 atom stereocenters. The van der Waals surface area contributed by atoms with Gasteiger partial charge in [0.25, 0.3) is 0 Å². The van der Waals surface area contributed by atoms with Crippen LogP contribution in [-0.4, -0.2) is 15.0 Å². The van der Waals surface area contributed by atoms with Gasteiger partial charge < -0.3 is 0 Å². The average molecular weight is 550 g/mol. The second kappa shape index (κ2) is 10.3. The predicted molar refractivity (Wildman–Crippen MR) is 175 cm³/mol. The van der Waals surface area contributed by atoms with E-state index in [0.717, 1.165) is 11.1 Å². The molecule has 8 rings (SSSR count). The van der Waals surface area contributed by atoms with Gasteiger partial charge in [0.15, 0.2) is 17.5 Å². The molecule has 0 aliphatic heterocycles. The van der Waals surface area contributed by atoms with E-state index in [-0.39, 0.29) is 5.41 Å². The molecule has 5 aromatic carbocycles. The molecule has 2 aliphatic rings. The Kier molecular flexibility index (Phi) is 6.01. The van der Waals surface area contributed by atoms with Crippen molar-refractivity contribution < 1.29 is 0 Å². The van der Waals surface area contributed by atoms with Crippen LogP contribution in [0, 0.1) is 0 Å². The first-order chi connectivity index (χ1) is 21.3. The normalized spacial score (nSPS) is 14.2. The van der Waals surface area contributed by atoms with Gasteiger partial charge in [-0.2, -0.15) is 0 Å². The van der Waals surface area contributed by atoms with E-state index in [0.29, 0.717) is 17.5 Å². The van der Waals surface area contributed by atoms with Crippen LogP contribution >= 0.6 is 0 Å². The Hall–Kier alpha value is -5.67. The standard InChI is InChI=1S/C40H27N3/c1-3-15-28(16-4-1)38-41-37(42-39(43-38)29-17-5-2-6-18-29)26-14-7-19-30-27-40(34-23-11-8-20-31(30)34)35-24-12-9-21-32(35)33-22-10-13-25-36(33)40/h1-27H/b19-7-,26-14+. The zero-order chi connectivity index (χ0) is 28.6. The molecular formula is C40H27N3. The maximum atomic E-state index is 4.78. The summed E-state index contributed by atoms with van der Waals surface area (Å²) in [6.07, 6.45) is 10.7. The average Bonchev–Trinajstić information content (AvgIpc) is 3.57. The highest BCUT2D eigenvalue weighted by Crippen LogP contribution is 2.58. The van der Waals surface area contributed by atoms with Gasteiger partial charge in [-0.15, -0.1) is 0 Å². The fourth-order valence-corrected chi connectivity index (χ4v) is 6.52. The van der Waals surface area contributed by atoms with Crippen molar-refractivity contribution in [2.75, 3.05) is 0 Å². The fraction of sp³-hybridized carbons (Fsp3) is 0.0250. The van der Waals surface area contributed by atoms with Crippen LogP contribution in [0.5, 0.6) is 0 Å². The summed E-state index contributed by atoms with van der Waals surface area (Å²) < 4.78 is 0. The number of fused-ring (bicyclic) bond motifs is 7. The molecule has 0 radical (unpaired) electrons. The molecule has 0 saturated heterocycles. The summed E-state index contributed by atoms with van der Waals surface area (Å²) >= 11 is 0. The van der Waals surface area contributed by atoms with E-state index in [2.05, 4.69) is 91.0 Å². The summed E-state index contributed by atoms with van der Waals surface area (Å²) in [4.78, 5) is 14.4. The number of benzene rings is 5. The van der Waals surface area contributed by atoms with E-state index in [4.69, 9.17) is 15.0 Å². The summed E-state index contributed by atoms with van der Waals surface area (Å²) in [5, 5.41) is 0. The third-order valence-electron chi connectivity index (χ3n) is 8.38. The minimum atomic E-state index is -0.295. The van der Waals surface area contributed by atoms with Gasteiger partial charge in [0.2, 0.25) is 0 Å². The molecule has 0 unspecified atom stereocenters. The van der Waals surface area contributed by atoms with Crippen LogP contribution in [0.2, 0.25) is 0 Å². The predicted octanol–water partition coefficient (Wildman–Crippen LogP) is 9.19. The largest absolute Gasteiger partial charge is 0.209 e. The lowest BCUT2D eigenvalue weighted by atomic mass is 9.74. The Labute approximate surface area is 251 Å². The monoisotopic (exact) mass is 549 g/mol. The van der Waals surface area contributed by atoms with Crippen LogP contribution < -0.4 is 0 Å². The number of allylic oxidation sites excluding steroid dienone is 5. The Bertz CT molecular complexity index is 1970. The maximum Gasteiger partial charge on any atom is 0.164 e. The molecule has 0 N–H and O–H groups in total. The van der Waals surface area contributed by atoms with E-state index in [9.17, 15) is 0 Å². The summed E-state index contributed by atoms with van der Waals surface area (Å²) in [5.41, 5.74) is 10.7. The zero-order valence-corrected chi connectivity index (χ0v) is 23.4. The van der Waals surface area contributed by atoms with Crippen LogP contribution in [-0.2, 0) is 5.41 Å². The van der Waals surface area contributed by atoms with Gasteiger partial charge in [0.05, 0.1) is 5.41 Å². The summed E-state index contributed by atoms with van der Waals surface area (Å²) in [7, 11) is 0. The molecule has 1 spiro atoms. The highest BCUT2D eigenvalue weighted by molar-refractivity contribution is 5.94. The zero-order valence-electron chi connectivity index (χ0n) is 23.4. The molecule has 3 heteroatoms. The van der Waals surface area contributed by atoms with Crippen molar-refractivity contribution in [2.45, 2.75) is 5.41 Å². The van der Waals surface area contributed by atoms with Gasteiger partial charge in [0.1, 0.15) is 0 Å². The molecule has 43 heavy (non-hydrogen) atoms. The van der Waals surface area contributed by atoms with E-state index in [1.54, 1.807) is 0 Å². The van der Waals surface area contributed by atoms with Crippen LogP contribution in [0.25, 0.3) is 45.6 Å². The minimum Gasteiger partial charge on any atom is -0.209 e. The lowest BCUT2D eigenvalue weighted by molar-refractivity contribution is 0.821. The van der Waals surface area contributed by atoms with Gasteiger partial charge in [-0.25, -0.2) is 15.0 Å². The molecule has 0 saturated carbocycles. The van der Waals surface area contributed by atoms with E-state index >= 15 is 0 Å². The van der Waals surface area contributed by atoms with Crippen molar-refractivity contribution in [2.24, 2.45) is 0 Å².